The van der Waals surface area contributed by atoms with Crippen molar-refractivity contribution in [1.29, 1.82) is 0 Å². The smallest absolute Gasteiger partial charge is 0.268 e. The Labute approximate surface area is 199 Å². The lowest BCUT2D eigenvalue weighted by atomic mass is 9.52. The molecule has 0 saturated heterocycles. The van der Waals surface area contributed by atoms with Gasteiger partial charge in [-0.25, -0.2) is 4.39 Å². The van der Waals surface area contributed by atoms with Gasteiger partial charge >= 0.3 is 0 Å². The van der Waals surface area contributed by atoms with Crippen molar-refractivity contribution in [3.05, 3.63) is 52.6 Å². The molecule has 2 aromatic rings. The molecule has 1 aromatic carbocycles. The predicted octanol–water partition coefficient (Wildman–Crippen LogP) is 4.03. The zero-order valence-corrected chi connectivity index (χ0v) is 20.1. The largest absolute Gasteiger partial charge is 0.491 e. The molecule has 1 aromatic heterocycles. The van der Waals surface area contributed by atoms with Gasteiger partial charge in [-0.2, -0.15) is 0 Å². The Balaban J connectivity index is 1.40. The van der Waals surface area contributed by atoms with Crippen LogP contribution in [0.3, 0.4) is 0 Å². The number of carbonyl (C=O) groups excluding carboxylic acids is 2. The molecule has 4 saturated carbocycles. The third kappa shape index (κ3) is 3.84. The van der Waals surface area contributed by atoms with Crippen LogP contribution in [0.4, 0.5) is 4.39 Å². The number of carbonyl (C=O) groups is 2. The number of hydrogen-bond donors (Lipinski definition) is 2. The zero-order chi connectivity index (χ0) is 24.2. The molecule has 2 N–H and O–H groups in total. The summed E-state index contributed by atoms with van der Waals surface area (Å²) in [7, 11) is 1.73. The molecule has 4 fully saturated rings. The molecule has 6 rings (SSSR count). The SMILES string of the molecule is CCOc1cc(C(=O)c2cc(CC)c(C(=O)NC3C4CC5CC3CC(O)(C5)C4)n2C)ccc1F. The van der Waals surface area contributed by atoms with Crippen molar-refractivity contribution in [2.24, 2.45) is 24.8 Å². The predicted molar refractivity (Wildman–Crippen MR) is 126 cm³/mol. The number of nitrogens with zero attached hydrogens (tertiary/aromatic N) is 1. The highest BCUT2D eigenvalue weighted by molar-refractivity contribution is 6.09. The number of aryl methyl sites for hydroxylation is 1. The maximum atomic E-state index is 14.0. The number of nitrogens with one attached hydrogen (secondary N) is 1. The minimum absolute atomic E-state index is 0.0415. The lowest BCUT2D eigenvalue weighted by Crippen LogP contribution is -2.61. The van der Waals surface area contributed by atoms with Gasteiger partial charge < -0.3 is 19.7 Å². The number of rotatable bonds is 7. The topological polar surface area (TPSA) is 80.6 Å². The van der Waals surface area contributed by atoms with Gasteiger partial charge in [-0.05, 0) is 93.0 Å². The molecule has 4 bridgehead atoms. The first kappa shape index (κ1) is 23.1. The first-order valence-corrected chi connectivity index (χ1v) is 12.4. The lowest BCUT2D eigenvalue weighted by molar-refractivity contribution is -0.137. The molecule has 2 unspecified atom stereocenters. The van der Waals surface area contributed by atoms with Gasteiger partial charge in [0.1, 0.15) is 5.69 Å². The van der Waals surface area contributed by atoms with Crippen LogP contribution in [0, 0.1) is 23.6 Å². The molecule has 0 aliphatic heterocycles. The van der Waals surface area contributed by atoms with Crippen molar-refractivity contribution < 1.29 is 23.8 Å². The minimum Gasteiger partial charge on any atom is -0.491 e. The van der Waals surface area contributed by atoms with Crippen LogP contribution in [0.1, 0.15) is 78.1 Å². The summed E-state index contributed by atoms with van der Waals surface area (Å²) in [5.74, 6) is 0.259. The summed E-state index contributed by atoms with van der Waals surface area (Å²) in [6, 6.07) is 5.92. The van der Waals surface area contributed by atoms with Gasteiger partial charge in [0.25, 0.3) is 5.91 Å². The number of aliphatic hydroxyl groups is 1. The van der Waals surface area contributed by atoms with Gasteiger partial charge in [0.15, 0.2) is 11.6 Å². The Hall–Kier alpha value is -2.67. The monoisotopic (exact) mass is 468 g/mol. The Morgan fingerprint density at radius 3 is 2.50 bits per heavy atom. The number of amides is 1. The van der Waals surface area contributed by atoms with Crippen molar-refractivity contribution in [3.63, 3.8) is 0 Å². The van der Waals surface area contributed by atoms with Gasteiger partial charge in [0, 0.05) is 18.7 Å². The number of aromatic nitrogens is 1. The molecule has 0 spiro atoms. The molecule has 182 valence electrons. The summed E-state index contributed by atoms with van der Waals surface area (Å²) in [6.45, 7) is 4.02. The van der Waals surface area contributed by atoms with Crippen LogP contribution in [0.5, 0.6) is 5.75 Å². The van der Waals surface area contributed by atoms with E-state index in [9.17, 15) is 19.1 Å². The summed E-state index contributed by atoms with van der Waals surface area (Å²) in [5.41, 5.74) is 1.44. The Morgan fingerprint density at radius 1 is 1.18 bits per heavy atom. The van der Waals surface area contributed by atoms with Crippen LogP contribution in [-0.4, -0.2) is 39.6 Å². The van der Waals surface area contributed by atoms with Gasteiger partial charge in [0.05, 0.1) is 17.9 Å². The average Bonchev–Trinajstić information content (AvgIpc) is 3.12. The van der Waals surface area contributed by atoms with E-state index in [0.29, 0.717) is 47.7 Å². The number of ether oxygens (including phenoxy) is 1. The third-order valence-corrected chi connectivity index (χ3v) is 8.17. The van der Waals surface area contributed by atoms with Crippen LogP contribution < -0.4 is 10.1 Å². The average molecular weight is 469 g/mol. The molecular formula is C27H33FN2O4. The fourth-order valence-corrected chi connectivity index (χ4v) is 6.95. The first-order valence-electron chi connectivity index (χ1n) is 12.4. The third-order valence-electron chi connectivity index (χ3n) is 8.17. The van der Waals surface area contributed by atoms with Crippen LogP contribution in [-0.2, 0) is 13.5 Å². The van der Waals surface area contributed by atoms with Crippen LogP contribution >= 0.6 is 0 Å². The summed E-state index contributed by atoms with van der Waals surface area (Å²) in [6.07, 6.45) is 5.15. The first-order chi connectivity index (χ1) is 16.2. The van der Waals surface area contributed by atoms with Crippen LogP contribution in [0.15, 0.2) is 24.3 Å². The van der Waals surface area contributed by atoms with E-state index in [-0.39, 0.29) is 23.5 Å². The van der Waals surface area contributed by atoms with E-state index in [1.165, 1.54) is 18.2 Å². The van der Waals surface area contributed by atoms with E-state index in [1.54, 1.807) is 24.6 Å². The molecule has 4 aliphatic rings. The van der Waals surface area contributed by atoms with Crippen LogP contribution in [0.25, 0.3) is 0 Å². The molecule has 6 nitrogen and oxygen atoms in total. The molecule has 0 radical (unpaired) electrons. The van der Waals surface area contributed by atoms with Crippen molar-refractivity contribution in [2.75, 3.05) is 6.61 Å². The fraction of sp³-hybridized carbons (Fsp3) is 0.556. The number of benzene rings is 1. The molecule has 1 amide bonds. The van der Waals surface area contributed by atoms with E-state index >= 15 is 0 Å². The second kappa shape index (κ2) is 8.52. The van der Waals surface area contributed by atoms with E-state index < -0.39 is 11.4 Å². The van der Waals surface area contributed by atoms with Gasteiger partial charge in [0.2, 0.25) is 5.78 Å². The summed E-state index contributed by atoms with van der Waals surface area (Å²) in [4.78, 5) is 26.8. The Bertz CT molecular complexity index is 1120. The quantitative estimate of drug-likeness (QED) is 0.602. The van der Waals surface area contributed by atoms with E-state index in [2.05, 4.69) is 5.32 Å². The molecule has 2 atom stereocenters. The van der Waals surface area contributed by atoms with E-state index in [1.807, 2.05) is 6.92 Å². The highest BCUT2D eigenvalue weighted by atomic mass is 19.1. The standard InChI is InChI=1S/C27H33FN2O4/c1-4-16-10-21(25(31)17-6-7-20(28)22(11-17)34-5-2)30(3)24(16)26(32)29-23-18-8-15-9-19(23)14-27(33,12-15)13-18/h6-7,10-11,15,18-19,23,33H,4-5,8-9,12-14H2,1-3H3,(H,29,32). The van der Waals surface area contributed by atoms with Crippen molar-refractivity contribution in [1.82, 2.24) is 9.88 Å². The van der Waals surface area contributed by atoms with Crippen molar-refractivity contribution >= 4 is 11.7 Å². The number of halogens is 1. The molecule has 4 aliphatic carbocycles. The second-order valence-electron chi connectivity index (χ2n) is 10.4. The number of hydrogen-bond acceptors (Lipinski definition) is 4. The van der Waals surface area contributed by atoms with Crippen molar-refractivity contribution in [2.45, 2.75) is 64.0 Å². The zero-order valence-electron chi connectivity index (χ0n) is 20.1. The molecular weight excluding hydrogens is 435 g/mol. The number of ketones is 1. The normalized spacial score (nSPS) is 29.3. The highest BCUT2D eigenvalue weighted by Gasteiger charge is 2.55. The van der Waals surface area contributed by atoms with E-state index in [4.69, 9.17) is 4.74 Å². The Morgan fingerprint density at radius 2 is 1.88 bits per heavy atom. The Kier molecular flexibility index (Phi) is 5.79. The fourth-order valence-electron chi connectivity index (χ4n) is 6.95. The maximum Gasteiger partial charge on any atom is 0.268 e. The van der Waals surface area contributed by atoms with Crippen LogP contribution in [0.2, 0.25) is 0 Å². The summed E-state index contributed by atoms with van der Waals surface area (Å²) in [5, 5.41) is 14.1. The maximum absolute atomic E-state index is 14.0. The van der Waals surface area contributed by atoms with Gasteiger partial charge in [-0.15, -0.1) is 0 Å². The second-order valence-corrected chi connectivity index (χ2v) is 10.4. The van der Waals surface area contributed by atoms with Gasteiger partial charge in [-0.1, -0.05) is 6.92 Å². The highest BCUT2D eigenvalue weighted by Crippen LogP contribution is 2.55. The van der Waals surface area contributed by atoms with Crippen molar-refractivity contribution in [3.8, 4) is 5.75 Å². The summed E-state index contributed by atoms with van der Waals surface area (Å²) < 4.78 is 21.0. The minimum atomic E-state index is -0.549. The van der Waals surface area contributed by atoms with E-state index in [0.717, 1.165) is 37.7 Å². The van der Waals surface area contributed by atoms with Gasteiger partial charge in [-0.3, -0.25) is 9.59 Å². The lowest BCUT2D eigenvalue weighted by Gasteiger charge is -2.58. The molecule has 7 heteroatoms. The molecule has 34 heavy (non-hydrogen) atoms. The summed E-state index contributed by atoms with van der Waals surface area (Å²) >= 11 is 0. The molecule has 1 heterocycles.